The third-order valence-electron chi connectivity index (χ3n) is 4.30. The Labute approximate surface area is 150 Å². The molecule has 2 N–H and O–H groups in total. The molecule has 0 radical (unpaired) electrons. The van der Waals surface area contributed by atoms with Gasteiger partial charge in [-0.1, -0.05) is 42.5 Å². The van der Waals surface area contributed by atoms with E-state index in [4.69, 9.17) is 0 Å². The summed E-state index contributed by atoms with van der Waals surface area (Å²) in [4.78, 5) is 24.7. The number of carboxylic acids is 1. The van der Waals surface area contributed by atoms with Crippen molar-refractivity contribution in [2.75, 3.05) is 5.32 Å². The predicted octanol–water partition coefficient (Wildman–Crippen LogP) is 4.79. The van der Waals surface area contributed by atoms with Crippen LogP contribution in [0.5, 0.6) is 0 Å². The zero-order valence-corrected chi connectivity index (χ0v) is 14.9. The zero-order valence-electron chi connectivity index (χ0n) is 14.1. The van der Waals surface area contributed by atoms with Gasteiger partial charge in [0, 0.05) is 11.3 Å². The van der Waals surface area contributed by atoms with Crippen molar-refractivity contribution in [3.8, 4) is 0 Å². The largest absolute Gasteiger partial charge is 0.477 e. The van der Waals surface area contributed by atoms with Crippen LogP contribution in [-0.4, -0.2) is 17.0 Å². The van der Waals surface area contributed by atoms with Gasteiger partial charge in [-0.05, 0) is 42.2 Å². The molecule has 1 amide bonds. The molecular weight excluding hydrogens is 334 g/mol. The Morgan fingerprint density at radius 3 is 2.52 bits per heavy atom. The van der Waals surface area contributed by atoms with E-state index >= 15 is 0 Å². The van der Waals surface area contributed by atoms with Crippen LogP contribution in [0.25, 0.3) is 10.8 Å². The van der Waals surface area contributed by atoms with Crippen molar-refractivity contribution in [2.24, 2.45) is 0 Å². The number of aryl methyl sites for hydroxylation is 2. The molecule has 3 rings (SSSR count). The molecule has 3 aromatic rings. The summed E-state index contributed by atoms with van der Waals surface area (Å²) < 4.78 is 0. The quantitative estimate of drug-likeness (QED) is 0.693. The number of nitrogens with one attached hydrogen (secondary N) is 1. The molecule has 1 aromatic heterocycles. The monoisotopic (exact) mass is 353 g/mol. The first kappa shape index (κ1) is 17.2. The van der Waals surface area contributed by atoms with Crippen molar-refractivity contribution in [1.82, 2.24) is 0 Å². The van der Waals surface area contributed by atoms with Gasteiger partial charge < -0.3 is 10.4 Å². The lowest BCUT2D eigenvalue weighted by molar-refractivity contribution is -0.116. The molecule has 0 aliphatic carbocycles. The number of hydrogen-bond acceptors (Lipinski definition) is 3. The number of carbonyl (C=O) groups excluding carboxylic acids is 1. The zero-order chi connectivity index (χ0) is 18.0. The highest BCUT2D eigenvalue weighted by molar-refractivity contribution is 7.14. The number of carboxylic acid groups (broad SMARTS) is 1. The molecule has 0 saturated heterocycles. The standard InChI is InChI=1S/C20H19NO3S/c1-12-13(2)25-19(20(23)24)18(12)21-17(22)10-8-14-7-9-15-5-3-4-6-16(15)11-14/h3-7,9,11H,8,10H2,1-2H3,(H,21,22)(H,23,24). The lowest BCUT2D eigenvalue weighted by Gasteiger charge is -2.07. The maximum absolute atomic E-state index is 12.3. The van der Waals surface area contributed by atoms with Gasteiger partial charge >= 0.3 is 5.97 Å². The Hall–Kier alpha value is -2.66. The van der Waals surface area contributed by atoms with Crippen molar-refractivity contribution in [3.63, 3.8) is 0 Å². The van der Waals surface area contributed by atoms with Gasteiger partial charge in [0.05, 0.1) is 5.69 Å². The fourth-order valence-corrected chi connectivity index (χ4v) is 3.74. The first-order valence-electron chi connectivity index (χ1n) is 8.06. The molecule has 4 nitrogen and oxygen atoms in total. The number of amides is 1. The second kappa shape index (κ2) is 7.07. The average molecular weight is 353 g/mol. The van der Waals surface area contributed by atoms with Crippen LogP contribution in [0.2, 0.25) is 0 Å². The number of aromatic carboxylic acids is 1. The van der Waals surface area contributed by atoms with Gasteiger partial charge in [-0.25, -0.2) is 4.79 Å². The summed E-state index contributed by atoms with van der Waals surface area (Å²) in [5, 5.41) is 14.4. The Bertz CT molecular complexity index is 959. The number of carbonyl (C=O) groups is 2. The van der Waals surface area contributed by atoms with Crippen LogP contribution >= 0.6 is 11.3 Å². The van der Waals surface area contributed by atoms with E-state index < -0.39 is 5.97 Å². The molecule has 25 heavy (non-hydrogen) atoms. The van der Waals surface area contributed by atoms with Crippen molar-refractivity contribution in [2.45, 2.75) is 26.7 Å². The molecule has 0 atom stereocenters. The first-order valence-corrected chi connectivity index (χ1v) is 8.88. The average Bonchev–Trinajstić information content (AvgIpc) is 2.88. The van der Waals surface area contributed by atoms with E-state index in [0.717, 1.165) is 21.4 Å². The van der Waals surface area contributed by atoms with Gasteiger partial charge in [-0.3, -0.25) is 4.79 Å². The highest BCUT2D eigenvalue weighted by atomic mass is 32.1. The van der Waals surface area contributed by atoms with Crippen molar-refractivity contribution >= 4 is 39.7 Å². The minimum atomic E-state index is -1.01. The summed E-state index contributed by atoms with van der Waals surface area (Å²) in [5.74, 6) is -1.18. The van der Waals surface area contributed by atoms with Crippen LogP contribution in [0.1, 0.15) is 32.1 Å². The minimum absolute atomic E-state index is 0.170. The Morgan fingerprint density at radius 2 is 1.80 bits per heavy atom. The van der Waals surface area contributed by atoms with E-state index in [0.29, 0.717) is 18.5 Å². The molecule has 0 fully saturated rings. The fraction of sp³-hybridized carbons (Fsp3) is 0.200. The van der Waals surface area contributed by atoms with E-state index in [2.05, 4.69) is 29.6 Å². The molecule has 0 aliphatic rings. The summed E-state index contributed by atoms with van der Waals surface area (Å²) in [7, 11) is 0. The SMILES string of the molecule is Cc1sc(C(=O)O)c(NC(=O)CCc2ccc3ccccc3c2)c1C. The number of fused-ring (bicyclic) bond motifs is 1. The maximum Gasteiger partial charge on any atom is 0.348 e. The van der Waals surface area contributed by atoms with E-state index in [1.165, 1.54) is 16.7 Å². The topological polar surface area (TPSA) is 66.4 Å². The predicted molar refractivity (Wildman–Crippen MR) is 102 cm³/mol. The smallest absolute Gasteiger partial charge is 0.348 e. The summed E-state index contributed by atoms with van der Waals surface area (Å²) >= 11 is 1.19. The van der Waals surface area contributed by atoms with Crippen LogP contribution in [-0.2, 0) is 11.2 Å². The Balaban J connectivity index is 1.69. The second-order valence-corrected chi connectivity index (χ2v) is 7.25. The minimum Gasteiger partial charge on any atom is -0.477 e. The van der Waals surface area contributed by atoms with Crippen molar-refractivity contribution in [3.05, 3.63) is 63.3 Å². The van der Waals surface area contributed by atoms with Gasteiger partial charge in [0.2, 0.25) is 5.91 Å². The molecule has 0 saturated carbocycles. The summed E-state index contributed by atoms with van der Waals surface area (Å²) in [6.45, 7) is 3.69. The summed E-state index contributed by atoms with van der Waals surface area (Å²) in [6, 6.07) is 14.3. The number of benzene rings is 2. The molecule has 0 bridgehead atoms. The Kier molecular flexibility index (Phi) is 4.86. The number of hydrogen-bond donors (Lipinski definition) is 2. The van der Waals surface area contributed by atoms with Crippen LogP contribution in [0.3, 0.4) is 0 Å². The molecule has 2 aromatic carbocycles. The Morgan fingerprint density at radius 1 is 1.08 bits per heavy atom. The molecule has 0 aliphatic heterocycles. The molecule has 1 heterocycles. The van der Waals surface area contributed by atoms with Gasteiger partial charge in [0.1, 0.15) is 4.88 Å². The summed E-state index contributed by atoms with van der Waals surface area (Å²) in [5.41, 5.74) is 2.34. The molecule has 0 spiro atoms. The van der Waals surface area contributed by atoms with Gasteiger partial charge in [0.15, 0.2) is 0 Å². The molecular formula is C20H19NO3S. The van der Waals surface area contributed by atoms with Crippen LogP contribution in [0, 0.1) is 13.8 Å². The third kappa shape index (κ3) is 3.72. The van der Waals surface area contributed by atoms with Gasteiger partial charge in [-0.15, -0.1) is 11.3 Å². The lowest BCUT2D eigenvalue weighted by Crippen LogP contribution is -2.14. The second-order valence-electron chi connectivity index (χ2n) is 6.02. The van der Waals surface area contributed by atoms with Crippen molar-refractivity contribution in [1.29, 1.82) is 0 Å². The van der Waals surface area contributed by atoms with Gasteiger partial charge in [-0.2, -0.15) is 0 Å². The van der Waals surface area contributed by atoms with E-state index in [1.807, 2.05) is 32.0 Å². The summed E-state index contributed by atoms with van der Waals surface area (Å²) in [6.07, 6.45) is 0.924. The van der Waals surface area contributed by atoms with E-state index in [9.17, 15) is 14.7 Å². The van der Waals surface area contributed by atoms with E-state index in [1.54, 1.807) is 0 Å². The fourth-order valence-electron chi connectivity index (χ4n) is 2.78. The number of anilines is 1. The highest BCUT2D eigenvalue weighted by Crippen LogP contribution is 2.32. The van der Waals surface area contributed by atoms with E-state index in [-0.39, 0.29) is 10.8 Å². The third-order valence-corrected chi connectivity index (χ3v) is 5.49. The van der Waals surface area contributed by atoms with Crippen molar-refractivity contribution < 1.29 is 14.7 Å². The maximum atomic E-state index is 12.3. The normalized spacial score (nSPS) is 10.8. The highest BCUT2D eigenvalue weighted by Gasteiger charge is 2.19. The van der Waals surface area contributed by atoms with Crippen LogP contribution < -0.4 is 5.32 Å². The first-order chi connectivity index (χ1) is 12.0. The van der Waals surface area contributed by atoms with Crippen LogP contribution in [0.15, 0.2) is 42.5 Å². The lowest BCUT2D eigenvalue weighted by atomic mass is 10.0. The number of rotatable bonds is 5. The van der Waals surface area contributed by atoms with Gasteiger partial charge in [0.25, 0.3) is 0 Å². The number of thiophene rings is 1. The molecule has 128 valence electrons. The van der Waals surface area contributed by atoms with Crippen LogP contribution in [0.4, 0.5) is 5.69 Å². The molecule has 5 heteroatoms. The molecule has 0 unspecified atom stereocenters.